The number of hydrogen-bond donors (Lipinski definition) is 1. The standard InChI is InChI=1S/C11H12N4S/c12-7-10-13-14-11(16-10)15-6-5-8-3-1-2-4-9(8)15/h1-4H,5-7,12H2. The average molecular weight is 232 g/mol. The topological polar surface area (TPSA) is 55.0 Å². The second-order valence-electron chi connectivity index (χ2n) is 3.71. The Morgan fingerprint density at radius 3 is 3.00 bits per heavy atom. The van der Waals surface area contributed by atoms with Gasteiger partial charge >= 0.3 is 0 Å². The number of aromatic nitrogens is 2. The summed E-state index contributed by atoms with van der Waals surface area (Å²) >= 11 is 1.57. The third-order valence-electron chi connectivity index (χ3n) is 2.75. The molecule has 1 aliphatic heterocycles. The normalized spacial score (nSPS) is 14.2. The predicted molar refractivity (Wildman–Crippen MR) is 65.0 cm³/mol. The fraction of sp³-hybridized carbons (Fsp3) is 0.273. The van der Waals surface area contributed by atoms with E-state index in [1.165, 1.54) is 11.3 Å². The first kappa shape index (κ1) is 9.74. The summed E-state index contributed by atoms with van der Waals surface area (Å²) in [6, 6.07) is 8.43. The van der Waals surface area contributed by atoms with E-state index in [1.54, 1.807) is 11.3 Å². The first-order valence-corrected chi connectivity index (χ1v) is 6.08. The number of benzene rings is 1. The van der Waals surface area contributed by atoms with Crippen LogP contribution in [0.25, 0.3) is 0 Å². The maximum atomic E-state index is 5.55. The SMILES string of the molecule is NCc1nnc(N2CCc3ccccc32)s1. The number of nitrogens with zero attached hydrogens (tertiary/aromatic N) is 3. The molecule has 4 nitrogen and oxygen atoms in total. The fourth-order valence-electron chi connectivity index (χ4n) is 1.97. The summed E-state index contributed by atoms with van der Waals surface area (Å²) in [4.78, 5) is 2.21. The van der Waals surface area contributed by atoms with E-state index in [2.05, 4.69) is 39.4 Å². The van der Waals surface area contributed by atoms with Crippen molar-refractivity contribution in [3.05, 3.63) is 34.8 Å². The van der Waals surface area contributed by atoms with Crippen LogP contribution in [0.4, 0.5) is 10.8 Å². The molecule has 0 unspecified atom stereocenters. The van der Waals surface area contributed by atoms with Gasteiger partial charge in [-0.3, -0.25) is 0 Å². The van der Waals surface area contributed by atoms with Crippen LogP contribution >= 0.6 is 11.3 Å². The zero-order valence-electron chi connectivity index (χ0n) is 8.76. The van der Waals surface area contributed by atoms with Crippen LogP contribution in [-0.2, 0) is 13.0 Å². The lowest BCUT2D eigenvalue weighted by Crippen LogP contribution is -2.12. The van der Waals surface area contributed by atoms with E-state index in [1.807, 2.05) is 0 Å². The Hall–Kier alpha value is -1.46. The van der Waals surface area contributed by atoms with Gasteiger partial charge in [-0.1, -0.05) is 29.5 Å². The largest absolute Gasteiger partial charge is 0.324 e. The third-order valence-corrected chi connectivity index (χ3v) is 3.72. The number of anilines is 2. The maximum absolute atomic E-state index is 5.55. The number of rotatable bonds is 2. The van der Waals surface area contributed by atoms with Crippen molar-refractivity contribution in [1.29, 1.82) is 0 Å². The predicted octanol–water partition coefficient (Wildman–Crippen LogP) is 1.69. The van der Waals surface area contributed by atoms with Gasteiger partial charge < -0.3 is 10.6 Å². The van der Waals surface area contributed by atoms with Crippen LogP contribution in [0.3, 0.4) is 0 Å². The van der Waals surface area contributed by atoms with Gasteiger partial charge in [-0.2, -0.15) is 0 Å². The minimum Gasteiger partial charge on any atom is -0.324 e. The molecule has 3 rings (SSSR count). The van der Waals surface area contributed by atoms with E-state index in [0.717, 1.165) is 23.1 Å². The summed E-state index contributed by atoms with van der Waals surface area (Å²) in [6.45, 7) is 1.45. The molecule has 0 amide bonds. The van der Waals surface area contributed by atoms with Gasteiger partial charge in [-0.05, 0) is 18.1 Å². The number of hydrogen-bond acceptors (Lipinski definition) is 5. The quantitative estimate of drug-likeness (QED) is 0.856. The lowest BCUT2D eigenvalue weighted by molar-refractivity contribution is 0.927. The summed E-state index contributed by atoms with van der Waals surface area (Å²) in [5.41, 5.74) is 8.18. The van der Waals surface area contributed by atoms with Gasteiger partial charge in [-0.15, -0.1) is 10.2 Å². The van der Waals surface area contributed by atoms with Gasteiger partial charge in [0.25, 0.3) is 0 Å². The van der Waals surface area contributed by atoms with Gasteiger partial charge in [0.2, 0.25) is 5.13 Å². The van der Waals surface area contributed by atoms with Gasteiger partial charge in [0, 0.05) is 18.8 Å². The van der Waals surface area contributed by atoms with Crippen molar-refractivity contribution in [2.45, 2.75) is 13.0 Å². The van der Waals surface area contributed by atoms with E-state index in [-0.39, 0.29) is 0 Å². The first-order chi connectivity index (χ1) is 7.88. The molecule has 0 saturated carbocycles. The highest BCUT2D eigenvalue weighted by molar-refractivity contribution is 7.15. The van der Waals surface area contributed by atoms with E-state index in [9.17, 15) is 0 Å². The van der Waals surface area contributed by atoms with Gasteiger partial charge in [0.05, 0.1) is 0 Å². The van der Waals surface area contributed by atoms with Crippen LogP contribution < -0.4 is 10.6 Å². The van der Waals surface area contributed by atoms with E-state index in [4.69, 9.17) is 5.73 Å². The Balaban J connectivity index is 1.98. The van der Waals surface area contributed by atoms with Crippen LogP contribution in [0.1, 0.15) is 10.6 Å². The van der Waals surface area contributed by atoms with E-state index >= 15 is 0 Å². The van der Waals surface area contributed by atoms with Crippen molar-refractivity contribution in [2.24, 2.45) is 5.73 Å². The molecular formula is C11H12N4S. The molecule has 1 aliphatic rings. The highest BCUT2D eigenvalue weighted by Gasteiger charge is 2.22. The average Bonchev–Trinajstić information content (AvgIpc) is 2.94. The summed E-state index contributed by atoms with van der Waals surface area (Å²) in [5, 5.41) is 10.1. The summed E-state index contributed by atoms with van der Waals surface area (Å²) < 4.78 is 0. The van der Waals surface area contributed by atoms with Crippen molar-refractivity contribution in [1.82, 2.24) is 10.2 Å². The highest BCUT2D eigenvalue weighted by Crippen LogP contribution is 2.35. The summed E-state index contributed by atoms with van der Waals surface area (Å²) in [5.74, 6) is 0. The van der Waals surface area contributed by atoms with Crippen LogP contribution in [0.15, 0.2) is 24.3 Å². The second-order valence-corrected chi connectivity index (χ2v) is 4.75. The van der Waals surface area contributed by atoms with Crippen molar-refractivity contribution < 1.29 is 0 Å². The van der Waals surface area contributed by atoms with Crippen LogP contribution in [0.5, 0.6) is 0 Å². The van der Waals surface area contributed by atoms with Crippen molar-refractivity contribution in [3.63, 3.8) is 0 Å². The first-order valence-electron chi connectivity index (χ1n) is 5.26. The molecule has 2 aromatic rings. The molecule has 0 spiro atoms. The van der Waals surface area contributed by atoms with E-state index < -0.39 is 0 Å². The van der Waals surface area contributed by atoms with E-state index in [0.29, 0.717) is 6.54 Å². The van der Waals surface area contributed by atoms with Crippen molar-refractivity contribution in [3.8, 4) is 0 Å². The molecule has 0 saturated heterocycles. The molecular weight excluding hydrogens is 220 g/mol. The fourth-order valence-corrected chi connectivity index (χ4v) is 2.73. The van der Waals surface area contributed by atoms with Crippen LogP contribution in [0, 0.1) is 0 Å². The third kappa shape index (κ3) is 1.48. The molecule has 0 bridgehead atoms. The number of fused-ring (bicyclic) bond motifs is 1. The molecule has 2 N–H and O–H groups in total. The maximum Gasteiger partial charge on any atom is 0.212 e. The molecule has 0 fully saturated rings. The molecule has 1 aromatic carbocycles. The van der Waals surface area contributed by atoms with Gasteiger partial charge in [0.15, 0.2) is 0 Å². The van der Waals surface area contributed by atoms with Gasteiger partial charge in [0.1, 0.15) is 5.01 Å². The lowest BCUT2D eigenvalue weighted by Gasteiger charge is -2.14. The lowest BCUT2D eigenvalue weighted by atomic mass is 10.2. The summed E-state index contributed by atoms with van der Waals surface area (Å²) in [6.07, 6.45) is 1.08. The molecule has 2 heterocycles. The second kappa shape index (κ2) is 3.84. The molecule has 5 heteroatoms. The number of para-hydroxylation sites is 1. The van der Waals surface area contributed by atoms with Crippen LogP contribution in [0.2, 0.25) is 0 Å². The minimum atomic E-state index is 0.465. The Kier molecular flexibility index (Phi) is 2.34. The number of nitrogens with two attached hydrogens (primary N) is 1. The Labute approximate surface area is 97.7 Å². The Morgan fingerprint density at radius 1 is 1.31 bits per heavy atom. The van der Waals surface area contributed by atoms with Gasteiger partial charge in [-0.25, -0.2) is 0 Å². The smallest absolute Gasteiger partial charge is 0.212 e. The monoisotopic (exact) mass is 232 g/mol. The summed E-state index contributed by atoms with van der Waals surface area (Å²) in [7, 11) is 0. The molecule has 0 aliphatic carbocycles. The van der Waals surface area contributed by atoms with Crippen molar-refractivity contribution in [2.75, 3.05) is 11.4 Å². The molecule has 0 atom stereocenters. The van der Waals surface area contributed by atoms with Crippen molar-refractivity contribution >= 4 is 22.2 Å². The zero-order chi connectivity index (χ0) is 11.0. The molecule has 82 valence electrons. The Bertz CT molecular complexity index is 508. The molecule has 1 aromatic heterocycles. The highest BCUT2D eigenvalue weighted by atomic mass is 32.1. The molecule has 16 heavy (non-hydrogen) atoms. The zero-order valence-corrected chi connectivity index (χ0v) is 9.57. The minimum absolute atomic E-state index is 0.465. The molecule has 0 radical (unpaired) electrons. The Morgan fingerprint density at radius 2 is 2.19 bits per heavy atom. The van der Waals surface area contributed by atoms with Crippen LogP contribution in [-0.4, -0.2) is 16.7 Å².